The summed E-state index contributed by atoms with van der Waals surface area (Å²) in [4.78, 5) is 7.80. The van der Waals surface area contributed by atoms with Gasteiger partial charge in [0, 0.05) is 12.1 Å². The molecule has 0 saturated carbocycles. The number of hydrogen-bond acceptors (Lipinski definition) is 4. The van der Waals surface area contributed by atoms with Gasteiger partial charge in [-0.1, -0.05) is 18.0 Å². The third-order valence-corrected chi connectivity index (χ3v) is 3.17. The number of aromatic nitrogens is 2. The molecule has 1 aliphatic heterocycles. The first-order valence-corrected chi connectivity index (χ1v) is 6.56. The van der Waals surface area contributed by atoms with Crippen molar-refractivity contribution in [3.8, 4) is 5.88 Å². The lowest BCUT2D eigenvalue weighted by Crippen LogP contribution is -2.34. The highest BCUT2D eigenvalue weighted by Crippen LogP contribution is 2.14. The van der Waals surface area contributed by atoms with Crippen molar-refractivity contribution in [1.29, 1.82) is 0 Å². The highest BCUT2D eigenvalue weighted by Gasteiger charge is 2.11. The first kappa shape index (κ1) is 12.6. The van der Waals surface area contributed by atoms with E-state index in [1.54, 1.807) is 6.07 Å². The number of hydrogen-bond donors (Lipinski definition) is 1. The molecule has 1 fully saturated rings. The third-order valence-electron chi connectivity index (χ3n) is 2.97. The Balaban J connectivity index is 1.62. The van der Waals surface area contributed by atoms with Crippen molar-refractivity contribution >= 4 is 11.6 Å². The number of ether oxygens (including phenoxy) is 1. The topological polar surface area (TPSA) is 47.0 Å². The van der Waals surface area contributed by atoms with Crippen LogP contribution >= 0.6 is 11.6 Å². The lowest BCUT2D eigenvalue weighted by molar-refractivity contribution is 0.276. The summed E-state index contributed by atoms with van der Waals surface area (Å²) < 4.78 is 5.51. The van der Waals surface area contributed by atoms with E-state index in [4.69, 9.17) is 16.3 Å². The van der Waals surface area contributed by atoms with Crippen molar-refractivity contribution in [3.63, 3.8) is 0 Å². The van der Waals surface area contributed by atoms with Crippen molar-refractivity contribution in [3.05, 3.63) is 17.5 Å². The summed E-state index contributed by atoms with van der Waals surface area (Å²) in [6.45, 7) is 1.85. The Hall–Kier alpha value is -0.870. The number of nitrogens with one attached hydrogen (secondary N) is 1. The Morgan fingerprint density at radius 1 is 1.41 bits per heavy atom. The van der Waals surface area contributed by atoms with E-state index < -0.39 is 0 Å². The first-order chi connectivity index (χ1) is 8.34. The van der Waals surface area contributed by atoms with Crippen molar-refractivity contribution in [2.24, 2.45) is 0 Å². The maximum atomic E-state index is 5.74. The van der Waals surface area contributed by atoms with Gasteiger partial charge in [0.05, 0.1) is 6.61 Å². The van der Waals surface area contributed by atoms with Gasteiger partial charge in [-0.05, 0) is 32.2 Å². The number of piperidine rings is 1. The van der Waals surface area contributed by atoms with E-state index in [1.807, 2.05) is 0 Å². The van der Waals surface area contributed by atoms with E-state index in [0.29, 0.717) is 23.7 Å². The van der Waals surface area contributed by atoms with E-state index in [-0.39, 0.29) is 0 Å². The summed E-state index contributed by atoms with van der Waals surface area (Å²) in [7, 11) is 0. The van der Waals surface area contributed by atoms with Crippen LogP contribution in [0.4, 0.5) is 0 Å². The maximum absolute atomic E-state index is 5.74. The fourth-order valence-corrected chi connectivity index (χ4v) is 2.21. The average molecular weight is 256 g/mol. The van der Waals surface area contributed by atoms with Gasteiger partial charge in [-0.3, -0.25) is 0 Å². The molecule has 5 heteroatoms. The van der Waals surface area contributed by atoms with E-state index >= 15 is 0 Å². The molecule has 0 aromatic carbocycles. The highest BCUT2D eigenvalue weighted by atomic mass is 35.5. The predicted octanol–water partition coefficient (Wildman–Crippen LogP) is 2.43. The van der Waals surface area contributed by atoms with E-state index in [0.717, 1.165) is 13.0 Å². The van der Waals surface area contributed by atoms with Gasteiger partial charge >= 0.3 is 0 Å². The number of halogens is 1. The summed E-state index contributed by atoms with van der Waals surface area (Å²) in [6.07, 6.45) is 7.57. The van der Waals surface area contributed by atoms with Crippen LogP contribution in [0.15, 0.2) is 12.4 Å². The average Bonchev–Trinajstić information content (AvgIpc) is 2.36. The van der Waals surface area contributed by atoms with Crippen molar-refractivity contribution in [2.75, 3.05) is 13.2 Å². The van der Waals surface area contributed by atoms with E-state index in [9.17, 15) is 0 Å². The zero-order valence-electron chi connectivity index (χ0n) is 9.86. The van der Waals surface area contributed by atoms with Crippen LogP contribution in [0.1, 0.15) is 32.1 Å². The summed E-state index contributed by atoms with van der Waals surface area (Å²) in [6, 6.07) is 2.31. The molecule has 0 bridgehead atoms. The summed E-state index contributed by atoms with van der Waals surface area (Å²) >= 11 is 5.74. The molecular weight excluding hydrogens is 238 g/mol. The Bertz CT molecular complexity index is 342. The second-order valence-electron chi connectivity index (χ2n) is 4.32. The molecule has 94 valence electrons. The number of nitrogens with zero attached hydrogens (tertiary/aromatic N) is 2. The molecule has 1 N–H and O–H groups in total. The zero-order valence-corrected chi connectivity index (χ0v) is 10.6. The van der Waals surface area contributed by atoms with Crippen LogP contribution in [-0.2, 0) is 0 Å². The van der Waals surface area contributed by atoms with Gasteiger partial charge in [0.25, 0.3) is 0 Å². The molecular formula is C12H18ClN3O. The minimum Gasteiger partial charge on any atom is -0.478 e. The Kier molecular flexibility index (Phi) is 5.01. The molecule has 4 nitrogen and oxygen atoms in total. The maximum Gasteiger partial charge on any atom is 0.217 e. The second kappa shape index (κ2) is 6.77. The molecule has 0 radical (unpaired) electrons. The molecule has 1 aliphatic rings. The van der Waals surface area contributed by atoms with Gasteiger partial charge in [-0.2, -0.15) is 0 Å². The molecule has 1 aromatic heterocycles. The largest absolute Gasteiger partial charge is 0.478 e. The Morgan fingerprint density at radius 3 is 3.12 bits per heavy atom. The summed E-state index contributed by atoms with van der Waals surface area (Å²) in [5.41, 5.74) is 0. The molecule has 0 aliphatic carbocycles. The molecule has 0 amide bonds. The number of rotatable bonds is 5. The molecule has 2 heterocycles. The SMILES string of the molecule is Clc1cc(OCCCC2CCCCN2)ncn1. The fraction of sp³-hybridized carbons (Fsp3) is 0.667. The van der Waals surface area contributed by atoms with Crippen LogP contribution in [0.25, 0.3) is 0 Å². The standard InChI is InChI=1S/C12H18ClN3O/c13-11-8-12(16-9-15-11)17-7-3-5-10-4-1-2-6-14-10/h8-10,14H,1-7H2. The molecule has 1 atom stereocenters. The minimum absolute atomic E-state index is 0.420. The van der Waals surface area contributed by atoms with Crippen LogP contribution in [0, 0.1) is 0 Å². The molecule has 17 heavy (non-hydrogen) atoms. The normalized spacial score (nSPS) is 20.2. The molecule has 1 aromatic rings. The van der Waals surface area contributed by atoms with Gasteiger partial charge in [0.15, 0.2) is 0 Å². The highest BCUT2D eigenvalue weighted by molar-refractivity contribution is 6.29. The van der Waals surface area contributed by atoms with E-state index in [1.165, 1.54) is 32.0 Å². The van der Waals surface area contributed by atoms with Gasteiger partial charge in [0.1, 0.15) is 11.5 Å². The summed E-state index contributed by atoms with van der Waals surface area (Å²) in [5.74, 6) is 0.557. The van der Waals surface area contributed by atoms with Crippen LogP contribution < -0.4 is 10.1 Å². The van der Waals surface area contributed by atoms with E-state index in [2.05, 4.69) is 15.3 Å². The second-order valence-corrected chi connectivity index (χ2v) is 4.70. The molecule has 2 rings (SSSR count). The predicted molar refractivity (Wildman–Crippen MR) is 67.4 cm³/mol. The quantitative estimate of drug-likeness (QED) is 0.649. The Labute approximate surface area is 107 Å². The van der Waals surface area contributed by atoms with Crippen LogP contribution in [-0.4, -0.2) is 29.2 Å². The smallest absolute Gasteiger partial charge is 0.217 e. The van der Waals surface area contributed by atoms with Crippen LogP contribution in [0.5, 0.6) is 5.88 Å². The lowest BCUT2D eigenvalue weighted by atomic mass is 10.0. The lowest BCUT2D eigenvalue weighted by Gasteiger charge is -2.23. The van der Waals surface area contributed by atoms with Crippen molar-refractivity contribution in [1.82, 2.24) is 15.3 Å². The molecule has 1 unspecified atom stereocenters. The van der Waals surface area contributed by atoms with Crippen LogP contribution in [0.2, 0.25) is 5.15 Å². The van der Waals surface area contributed by atoms with Gasteiger partial charge in [-0.15, -0.1) is 0 Å². The fourth-order valence-electron chi connectivity index (χ4n) is 2.07. The zero-order chi connectivity index (χ0) is 11.9. The van der Waals surface area contributed by atoms with Gasteiger partial charge in [0.2, 0.25) is 5.88 Å². The molecule has 0 spiro atoms. The Morgan fingerprint density at radius 2 is 2.35 bits per heavy atom. The molecule has 1 saturated heterocycles. The van der Waals surface area contributed by atoms with Crippen molar-refractivity contribution in [2.45, 2.75) is 38.1 Å². The van der Waals surface area contributed by atoms with Gasteiger partial charge < -0.3 is 10.1 Å². The van der Waals surface area contributed by atoms with Crippen LogP contribution in [0.3, 0.4) is 0 Å². The summed E-state index contributed by atoms with van der Waals surface area (Å²) in [5, 5.41) is 3.94. The third kappa shape index (κ3) is 4.48. The van der Waals surface area contributed by atoms with Crippen molar-refractivity contribution < 1.29 is 4.74 Å². The first-order valence-electron chi connectivity index (χ1n) is 6.18. The van der Waals surface area contributed by atoms with Gasteiger partial charge in [-0.25, -0.2) is 9.97 Å². The minimum atomic E-state index is 0.420. The monoisotopic (exact) mass is 255 g/mol.